The Morgan fingerprint density at radius 1 is 1.54 bits per heavy atom. The maximum Gasteiger partial charge on any atom is 0.289 e. The van der Waals surface area contributed by atoms with Crippen LogP contribution in [0.4, 0.5) is 11.4 Å². The molecule has 0 fully saturated rings. The fourth-order valence-electron chi connectivity index (χ4n) is 0.940. The van der Waals surface area contributed by atoms with E-state index in [1.54, 1.807) is 13.0 Å². The van der Waals surface area contributed by atoms with Crippen molar-refractivity contribution in [2.24, 2.45) is 0 Å². The first-order valence-corrected chi connectivity index (χ1v) is 4.92. The Morgan fingerprint density at radius 3 is 2.54 bits per heavy atom. The highest BCUT2D eigenvalue weighted by Crippen LogP contribution is 2.38. The summed E-state index contributed by atoms with van der Waals surface area (Å²) in [5, 5.41) is 10.6. The first-order valence-electron chi connectivity index (χ1n) is 3.33. The second kappa shape index (κ2) is 3.63. The van der Waals surface area contributed by atoms with E-state index in [4.69, 9.17) is 5.73 Å². The topological polar surface area (TPSA) is 69.2 Å². The van der Waals surface area contributed by atoms with E-state index in [9.17, 15) is 10.1 Å². The molecule has 4 nitrogen and oxygen atoms in total. The summed E-state index contributed by atoms with van der Waals surface area (Å²) in [4.78, 5) is 10.2. The summed E-state index contributed by atoms with van der Waals surface area (Å²) >= 11 is 6.29. The van der Waals surface area contributed by atoms with Crippen molar-refractivity contribution in [3.63, 3.8) is 0 Å². The number of hydrogen-bond donors (Lipinski definition) is 1. The minimum Gasteiger partial charge on any atom is -0.398 e. The predicted octanol–water partition coefficient (Wildman–Crippen LogP) is 3.01. The number of nitrogen functional groups attached to an aromatic ring is 1. The van der Waals surface area contributed by atoms with Crippen LogP contribution in [0.5, 0.6) is 0 Å². The van der Waals surface area contributed by atoms with E-state index < -0.39 is 4.92 Å². The molecule has 0 saturated heterocycles. The van der Waals surface area contributed by atoms with Crippen molar-refractivity contribution in [1.29, 1.82) is 0 Å². The van der Waals surface area contributed by atoms with E-state index in [1.807, 2.05) is 0 Å². The zero-order valence-electron chi connectivity index (χ0n) is 6.67. The van der Waals surface area contributed by atoms with Crippen molar-refractivity contribution in [3.05, 3.63) is 30.7 Å². The largest absolute Gasteiger partial charge is 0.398 e. The maximum absolute atomic E-state index is 10.6. The lowest BCUT2D eigenvalue weighted by Gasteiger charge is -2.04. The van der Waals surface area contributed by atoms with Gasteiger partial charge >= 0.3 is 0 Å². The molecule has 70 valence electrons. The molecule has 0 aromatic heterocycles. The molecule has 0 unspecified atom stereocenters. The van der Waals surface area contributed by atoms with Gasteiger partial charge in [-0.3, -0.25) is 10.1 Å². The fraction of sp³-hybridized carbons (Fsp3) is 0.143. The second-order valence-electron chi connectivity index (χ2n) is 2.49. The van der Waals surface area contributed by atoms with Gasteiger partial charge in [0.2, 0.25) is 0 Å². The van der Waals surface area contributed by atoms with Crippen molar-refractivity contribution < 1.29 is 4.92 Å². The SMILES string of the molecule is Cc1c(N)cc(Br)c(Br)c1[N+](=O)[O-]. The molecule has 0 aliphatic carbocycles. The smallest absolute Gasteiger partial charge is 0.289 e. The predicted molar refractivity (Wildman–Crippen MR) is 57.6 cm³/mol. The molecule has 2 N–H and O–H groups in total. The minimum absolute atomic E-state index is 0.00637. The molecule has 1 aromatic rings. The van der Waals surface area contributed by atoms with Crippen LogP contribution in [-0.2, 0) is 0 Å². The van der Waals surface area contributed by atoms with E-state index in [-0.39, 0.29) is 5.69 Å². The molecule has 13 heavy (non-hydrogen) atoms. The average Bonchev–Trinajstić information content (AvgIpc) is 2.01. The second-order valence-corrected chi connectivity index (χ2v) is 4.14. The highest BCUT2D eigenvalue weighted by molar-refractivity contribution is 9.13. The highest BCUT2D eigenvalue weighted by atomic mass is 79.9. The lowest BCUT2D eigenvalue weighted by molar-refractivity contribution is -0.386. The number of anilines is 1. The van der Waals surface area contributed by atoms with Crippen molar-refractivity contribution in [3.8, 4) is 0 Å². The number of benzene rings is 1. The molecule has 0 radical (unpaired) electrons. The third kappa shape index (κ3) is 1.83. The Kier molecular flexibility index (Phi) is 2.92. The van der Waals surface area contributed by atoms with Gasteiger partial charge in [0.1, 0.15) is 4.47 Å². The third-order valence-electron chi connectivity index (χ3n) is 1.67. The number of hydrogen-bond acceptors (Lipinski definition) is 3. The Hall–Kier alpha value is -0.620. The molecule has 0 heterocycles. The molecule has 0 spiro atoms. The van der Waals surface area contributed by atoms with Gasteiger partial charge in [-0.25, -0.2) is 0 Å². The standard InChI is InChI=1S/C7H6Br2N2O2/c1-3-5(10)2-4(8)6(9)7(3)11(12)13/h2H,10H2,1H3. The third-order valence-corrected chi connectivity index (χ3v) is 3.63. The zero-order chi connectivity index (χ0) is 10.2. The van der Waals surface area contributed by atoms with Crippen LogP contribution >= 0.6 is 31.9 Å². The first kappa shape index (κ1) is 10.5. The van der Waals surface area contributed by atoms with Crippen LogP contribution in [0.15, 0.2) is 15.0 Å². The van der Waals surface area contributed by atoms with E-state index in [0.717, 1.165) is 0 Å². The molecular formula is C7H6Br2N2O2. The number of halogens is 2. The van der Waals surface area contributed by atoms with Gasteiger partial charge in [-0.2, -0.15) is 0 Å². The van der Waals surface area contributed by atoms with Gasteiger partial charge in [0, 0.05) is 10.2 Å². The Balaban J connectivity index is 3.56. The molecule has 0 amide bonds. The summed E-state index contributed by atoms with van der Waals surface area (Å²) in [7, 11) is 0. The monoisotopic (exact) mass is 308 g/mol. The van der Waals surface area contributed by atoms with Gasteiger partial charge in [-0.15, -0.1) is 0 Å². The van der Waals surface area contributed by atoms with E-state index >= 15 is 0 Å². The average molecular weight is 310 g/mol. The van der Waals surface area contributed by atoms with Crippen LogP contribution in [-0.4, -0.2) is 4.92 Å². The molecule has 0 aliphatic rings. The quantitative estimate of drug-likeness (QED) is 0.492. The fourth-order valence-corrected chi connectivity index (χ4v) is 1.93. The summed E-state index contributed by atoms with van der Waals surface area (Å²) < 4.78 is 1.01. The lowest BCUT2D eigenvalue weighted by Crippen LogP contribution is -1.98. The van der Waals surface area contributed by atoms with Crippen LogP contribution in [0.2, 0.25) is 0 Å². The van der Waals surface area contributed by atoms with Gasteiger partial charge < -0.3 is 5.73 Å². The van der Waals surface area contributed by atoms with E-state index in [2.05, 4.69) is 31.9 Å². The molecule has 6 heteroatoms. The molecule has 1 aromatic carbocycles. The number of nitro benzene ring substituents is 1. The number of nitro groups is 1. The van der Waals surface area contributed by atoms with Crippen molar-refractivity contribution in [1.82, 2.24) is 0 Å². The van der Waals surface area contributed by atoms with E-state index in [0.29, 0.717) is 20.2 Å². The summed E-state index contributed by atoms with van der Waals surface area (Å²) in [5.74, 6) is 0. The van der Waals surface area contributed by atoms with Crippen LogP contribution in [0.3, 0.4) is 0 Å². The Bertz CT molecular complexity index is 353. The summed E-state index contributed by atoms with van der Waals surface area (Å²) in [5.41, 5.74) is 6.46. The van der Waals surface area contributed by atoms with Gasteiger partial charge in [0.05, 0.1) is 10.5 Å². The minimum atomic E-state index is -0.458. The van der Waals surface area contributed by atoms with Gasteiger partial charge in [0.15, 0.2) is 0 Å². The van der Waals surface area contributed by atoms with E-state index in [1.165, 1.54) is 0 Å². The molecule has 0 bridgehead atoms. The van der Waals surface area contributed by atoms with Crippen molar-refractivity contribution in [2.75, 3.05) is 5.73 Å². The van der Waals surface area contributed by atoms with Crippen LogP contribution in [0.1, 0.15) is 5.56 Å². The zero-order valence-corrected chi connectivity index (χ0v) is 9.85. The summed E-state index contributed by atoms with van der Waals surface area (Å²) in [6.45, 7) is 1.62. The number of nitrogens with zero attached hydrogens (tertiary/aromatic N) is 1. The molecule has 1 rings (SSSR count). The van der Waals surface area contributed by atoms with Crippen LogP contribution in [0.25, 0.3) is 0 Å². The molecular weight excluding hydrogens is 304 g/mol. The maximum atomic E-state index is 10.6. The normalized spacial score (nSPS) is 10.1. The Morgan fingerprint density at radius 2 is 2.08 bits per heavy atom. The number of rotatable bonds is 1. The van der Waals surface area contributed by atoms with Gasteiger partial charge in [-0.1, -0.05) is 0 Å². The van der Waals surface area contributed by atoms with Gasteiger partial charge in [-0.05, 0) is 44.8 Å². The van der Waals surface area contributed by atoms with Crippen LogP contribution < -0.4 is 5.73 Å². The summed E-state index contributed by atoms with van der Waals surface area (Å²) in [6.07, 6.45) is 0. The summed E-state index contributed by atoms with van der Waals surface area (Å²) in [6, 6.07) is 1.63. The first-order chi connectivity index (χ1) is 5.95. The van der Waals surface area contributed by atoms with Crippen molar-refractivity contribution in [2.45, 2.75) is 6.92 Å². The number of nitrogens with two attached hydrogens (primary N) is 1. The molecule has 0 atom stereocenters. The van der Waals surface area contributed by atoms with Gasteiger partial charge in [0.25, 0.3) is 5.69 Å². The lowest BCUT2D eigenvalue weighted by atomic mass is 10.1. The van der Waals surface area contributed by atoms with Crippen molar-refractivity contribution >= 4 is 43.2 Å². The van der Waals surface area contributed by atoms with Crippen LogP contribution in [0, 0.1) is 17.0 Å². The molecule has 0 saturated carbocycles. The highest BCUT2D eigenvalue weighted by Gasteiger charge is 2.20. The Labute approximate surface area is 91.5 Å². The molecule has 0 aliphatic heterocycles.